The van der Waals surface area contributed by atoms with Crippen LogP contribution in [0.1, 0.15) is 63.2 Å². The number of aldehydes is 1. The molecule has 2 saturated carbocycles. The van der Waals surface area contributed by atoms with Gasteiger partial charge in [-0.3, -0.25) is 4.79 Å². The van der Waals surface area contributed by atoms with Gasteiger partial charge in [-0.1, -0.05) is 13.8 Å². The Morgan fingerprint density at radius 3 is 2.42 bits per heavy atom. The maximum Gasteiger partial charge on any atom is 0.161 e. The van der Waals surface area contributed by atoms with Crippen LogP contribution in [0.3, 0.4) is 0 Å². The number of carbonyl (C=O) groups excluding carboxylic acids is 1. The molecule has 0 radical (unpaired) electrons. The average Bonchev–Trinajstić information content (AvgIpc) is 2.52. The predicted octanol–water partition coefficient (Wildman–Crippen LogP) is 5.13. The maximum absolute atomic E-state index is 11.0. The van der Waals surface area contributed by atoms with E-state index in [4.69, 9.17) is 9.47 Å². The number of benzene rings is 1. The van der Waals surface area contributed by atoms with Gasteiger partial charge in [-0.25, -0.2) is 0 Å². The first-order valence-electron chi connectivity index (χ1n) is 9.38. The van der Waals surface area contributed by atoms with Crippen molar-refractivity contribution in [2.75, 3.05) is 13.2 Å². The Kier molecular flexibility index (Phi) is 5.17. The van der Waals surface area contributed by atoms with Crippen LogP contribution in [0.4, 0.5) is 0 Å². The molecule has 2 bridgehead atoms. The third kappa shape index (κ3) is 3.76. The summed E-state index contributed by atoms with van der Waals surface area (Å²) in [6.45, 7) is 8.06. The molecule has 2 aliphatic carbocycles. The van der Waals surface area contributed by atoms with E-state index in [9.17, 15) is 4.79 Å². The molecule has 2 aliphatic rings. The highest BCUT2D eigenvalue weighted by Gasteiger charge is 2.44. The van der Waals surface area contributed by atoms with Crippen LogP contribution in [-0.4, -0.2) is 19.5 Å². The first kappa shape index (κ1) is 17.3. The summed E-state index contributed by atoms with van der Waals surface area (Å²) in [5, 5.41) is 0. The summed E-state index contributed by atoms with van der Waals surface area (Å²) in [6.07, 6.45) is 7.45. The van der Waals surface area contributed by atoms with Crippen LogP contribution in [0.5, 0.6) is 11.5 Å². The zero-order valence-electron chi connectivity index (χ0n) is 15.2. The number of hydrogen-bond acceptors (Lipinski definition) is 3. The van der Waals surface area contributed by atoms with Crippen molar-refractivity contribution in [3.05, 3.63) is 23.8 Å². The Hall–Kier alpha value is -1.51. The molecule has 0 aromatic heterocycles. The lowest BCUT2D eigenvalue weighted by Crippen LogP contribution is -2.42. The fraction of sp³-hybridized carbons (Fsp3) is 0.667. The molecule has 0 unspecified atom stereocenters. The molecule has 2 atom stereocenters. The molecule has 132 valence electrons. The van der Waals surface area contributed by atoms with Crippen molar-refractivity contribution in [1.82, 2.24) is 0 Å². The lowest BCUT2D eigenvalue weighted by molar-refractivity contribution is -0.0170. The van der Waals surface area contributed by atoms with Gasteiger partial charge in [0, 0.05) is 11.0 Å². The highest BCUT2D eigenvalue weighted by Crippen LogP contribution is 2.53. The summed E-state index contributed by atoms with van der Waals surface area (Å²) in [5.74, 6) is 3.91. The zero-order valence-corrected chi connectivity index (χ0v) is 15.2. The van der Waals surface area contributed by atoms with E-state index in [0.717, 1.165) is 36.4 Å². The molecule has 0 heterocycles. The van der Waals surface area contributed by atoms with E-state index in [0.29, 0.717) is 23.3 Å². The Labute approximate surface area is 145 Å². The van der Waals surface area contributed by atoms with Crippen LogP contribution in [-0.2, 0) is 0 Å². The molecule has 3 nitrogen and oxygen atoms in total. The topological polar surface area (TPSA) is 35.5 Å². The van der Waals surface area contributed by atoms with E-state index in [2.05, 4.69) is 13.8 Å². The van der Waals surface area contributed by atoms with Crippen molar-refractivity contribution >= 4 is 6.29 Å². The minimum Gasteiger partial charge on any atom is -0.490 e. The predicted molar refractivity (Wildman–Crippen MR) is 95.8 cm³/mol. The number of rotatable bonds is 6. The molecule has 3 heteroatoms. The van der Waals surface area contributed by atoms with Crippen molar-refractivity contribution in [2.45, 2.75) is 52.9 Å². The van der Waals surface area contributed by atoms with E-state index in [-0.39, 0.29) is 0 Å². The van der Waals surface area contributed by atoms with Gasteiger partial charge in [-0.15, -0.1) is 0 Å². The molecule has 0 amide bonds. The Bertz CT molecular complexity index is 561. The van der Waals surface area contributed by atoms with Gasteiger partial charge in [0.1, 0.15) is 6.29 Å². The molecule has 1 aromatic rings. The second-order valence-electron chi connectivity index (χ2n) is 8.21. The summed E-state index contributed by atoms with van der Waals surface area (Å²) in [5.41, 5.74) is 0.939. The van der Waals surface area contributed by atoms with Gasteiger partial charge in [-0.2, -0.15) is 0 Å². The van der Waals surface area contributed by atoms with E-state index < -0.39 is 0 Å². The summed E-state index contributed by atoms with van der Waals surface area (Å²) in [6, 6.07) is 5.46. The lowest BCUT2D eigenvalue weighted by atomic mass is 9.57. The van der Waals surface area contributed by atoms with Crippen molar-refractivity contribution in [3.8, 4) is 11.5 Å². The van der Waals surface area contributed by atoms with Crippen LogP contribution in [0, 0.1) is 23.2 Å². The number of carbonyl (C=O) groups is 1. The van der Waals surface area contributed by atoms with Gasteiger partial charge < -0.3 is 9.47 Å². The summed E-state index contributed by atoms with van der Waals surface area (Å²) in [4.78, 5) is 11.0. The Morgan fingerprint density at radius 1 is 1.08 bits per heavy atom. The van der Waals surface area contributed by atoms with Crippen LogP contribution < -0.4 is 9.47 Å². The van der Waals surface area contributed by atoms with Crippen LogP contribution in [0.15, 0.2) is 18.2 Å². The SMILES string of the molecule is CCOc1cc(C=O)ccc1OCC12CC(C[C@H](C)C1)C[C@H](C)C2. The van der Waals surface area contributed by atoms with Crippen LogP contribution >= 0.6 is 0 Å². The molecule has 3 rings (SSSR count). The summed E-state index contributed by atoms with van der Waals surface area (Å²) in [7, 11) is 0. The minimum absolute atomic E-state index is 0.312. The number of ether oxygens (including phenoxy) is 2. The molecule has 0 N–H and O–H groups in total. The van der Waals surface area contributed by atoms with Crippen LogP contribution in [0.2, 0.25) is 0 Å². The third-order valence-electron chi connectivity index (χ3n) is 5.69. The van der Waals surface area contributed by atoms with Gasteiger partial charge in [-0.05, 0) is 75.0 Å². The molecule has 2 fully saturated rings. The van der Waals surface area contributed by atoms with Gasteiger partial charge in [0.15, 0.2) is 11.5 Å². The second-order valence-corrected chi connectivity index (χ2v) is 8.21. The fourth-order valence-corrected chi connectivity index (χ4v) is 5.30. The number of hydrogen-bond donors (Lipinski definition) is 0. The van der Waals surface area contributed by atoms with Crippen molar-refractivity contribution in [1.29, 1.82) is 0 Å². The summed E-state index contributed by atoms with van der Waals surface area (Å²) < 4.78 is 11.9. The highest BCUT2D eigenvalue weighted by molar-refractivity contribution is 5.76. The number of fused-ring (bicyclic) bond motifs is 2. The second kappa shape index (κ2) is 7.16. The van der Waals surface area contributed by atoms with E-state index in [1.165, 1.54) is 32.1 Å². The molecule has 0 aliphatic heterocycles. The fourth-order valence-electron chi connectivity index (χ4n) is 5.30. The lowest BCUT2D eigenvalue weighted by Gasteiger charge is -2.49. The Morgan fingerprint density at radius 2 is 1.79 bits per heavy atom. The van der Waals surface area contributed by atoms with E-state index >= 15 is 0 Å². The molecule has 0 saturated heterocycles. The van der Waals surface area contributed by atoms with Crippen molar-refractivity contribution in [2.24, 2.45) is 23.2 Å². The standard InChI is InChI=1S/C21H30O3/c1-4-23-20-9-17(13-22)5-6-19(20)24-14-21-10-15(2)7-18(12-21)8-16(3)11-21/h5-6,9,13,15-16,18H,4,7-8,10-12,14H2,1-3H3/t15-,16-,18?,21?/m0/s1. The highest BCUT2D eigenvalue weighted by atomic mass is 16.5. The zero-order chi connectivity index (χ0) is 17.2. The Balaban J connectivity index is 1.75. The van der Waals surface area contributed by atoms with Crippen LogP contribution in [0.25, 0.3) is 0 Å². The minimum atomic E-state index is 0.312. The normalized spacial score (nSPS) is 32.2. The first-order valence-corrected chi connectivity index (χ1v) is 9.38. The first-order chi connectivity index (χ1) is 11.5. The van der Waals surface area contributed by atoms with Crippen molar-refractivity contribution < 1.29 is 14.3 Å². The molecular weight excluding hydrogens is 300 g/mol. The van der Waals surface area contributed by atoms with E-state index in [1.54, 1.807) is 12.1 Å². The van der Waals surface area contributed by atoms with E-state index in [1.807, 2.05) is 13.0 Å². The summed E-state index contributed by atoms with van der Waals surface area (Å²) >= 11 is 0. The quantitative estimate of drug-likeness (QED) is 0.678. The van der Waals surface area contributed by atoms with Crippen molar-refractivity contribution in [3.63, 3.8) is 0 Å². The smallest absolute Gasteiger partial charge is 0.161 e. The van der Waals surface area contributed by atoms with Gasteiger partial charge in [0.2, 0.25) is 0 Å². The molecule has 24 heavy (non-hydrogen) atoms. The average molecular weight is 330 g/mol. The molecular formula is C21H30O3. The maximum atomic E-state index is 11.0. The van der Waals surface area contributed by atoms with Gasteiger partial charge in [0.05, 0.1) is 13.2 Å². The van der Waals surface area contributed by atoms with Gasteiger partial charge in [0.25, 0.3) is 0 Å². The third-order valence-corrected chi connectivity index (χ3v) is 5.69. The molecule has 0 spiro atoms. The van der Waals surface area contributed by atoms with Gasteiger partial charge >= 0.3 is 0 Å². The largest absolute Gasteiger partial charge is 0.490 e. The monoisotopic (exact) mass is 330 g/mol. The molecule has 1 aromatic carbocycles.